The first-order chi connectivity index (χ1) is 37.1. The quantitative estimate of drug-likeness (QED) is 0.166. The summed E-state index contributed by atoms with van der Waals surface area (Å²) in [5.41, 5.74) is 26.0. The molecule has 2 aromatic heterocycles. The van der Waals surface area contributed by atoms with Gasteiger partial charge in [0.05, 0.1) is 21.9 Å². The Morgan fingerprint density at radius 2 is 0.840 bits per heavy atom. The SMILES string of the molecule is CCC1(CC)c2cc(/C=C/c3nnc(-c4ccc5c(c4)C4(c6ccccc6-c6ccccc64)c4ccccc4C54c5ccccc5-c5ccccc54)s3)ccc2-c2ccc(-n3c4ccccc4c4ccccc43)cc21. The molecule has 2 spiro atoms. The highest BCUT2D eigenvalue weighted by molar-refractivity contribution is 7.15. The molecule has 0 atom stereocenters. The number of hydrogen-bond acceptors (Lipinski definition) is 3. The van der Waals surface area contributed by atoms with Gasteiger partial charge in [-0.15, -0.1) is 10.2 Å². The topological polar surface area (TPSA) is 30.7 Å². The lowest BCUT2D eigenvalue weighted by atomic mass is 9.52. The summed E-state index contributed by atoms with van der Waals surface area (Å²) < 4.78 is 2.45. The number of hydrogen-bond donors (Lipinski definition) is 0. The van der Waals surface area contributed by atoms with Crippen molar-refractivity contribution in [3.63, 3.8) is 0 Å². The van der Waals surface area contributed by atoms with Gasteiger partial charge in [-0.05, 0) is 144 Å². The third-order valence-corrected chi connectivity index (χ3v) is 18.9. The van der Waals surface area contributed by atoms with Crippen molar-refractivity contribution in [1.82, 2.24) is 14.8 Å². The molecule has 12 aromatic rings. The minimum Gasteiger partial charge on any atom is -0.309 e. The van der Waals surface area contributed by atoms with Crippen LogP contribution in [0.4, 0.5) is 0 Å². The second-order valence-electron chi connectivity index (χ2n) is 21.0. The van der Waals surface area contributed by atoms with Crippen LogP contribution in [0.3, 0.4) is 0 Å². The van der Waals surface area contributed by atoms with E-state index < -0.39 is 10.8 Å². The highest BCUT2D eigenvalue weighted by Crippen LogP contribution is 2.67. The van der Waals surface area contributed by atoms with Crippen molar-refractivity contribution in [3.8, 4) is 49.6 Å². The Morgan fingerprint density at radius 1 is 0.387 bits per heavy atom. The summed E-state index contributed by atoms with van der Waals surface area (Å²) in [7, 11) is 0. The van der Waals surface area contributed by atoms with Crippen molar-refractivity contribution >= 4 is 45.3 Å². The molecule has 4 aliphatic carbocycles. The van der Waals surface area contributed by atoms with Gasteiger partial charge >= 0.3 is 0 Å². The maximum Gasteiger partial charge on any atom is 0.148 e. The van der Waals surface area contributed by atoms with Crippen LogP contribution in [0.2, 0.25) is 0 Å². The number of para-hydroxylation sites is 2. The summed E-state index contributed by atoms with van der Waals surface area (Å²) in [6.07, 6.45) is 6.42. The van der Waals surface area contributed by atoms with E-state index in [1.165, 1.54) is 122 Å². The lowest BCUT2D eigenvalue weighted by molar-refractivity contribution is 0.490. The lowest BCUT2D eigenvalue weighted by Crippen LogP contribution is -2.43. The number of rotatable bonds is 6. The molecule has 10 aromatic carbocycles. The van der Waals surface area contributed by atoms with Crippen LogP contribution in [-0.4, -0.2) is 14.8 Å². The van der Waals surface area contributed by atoms with Gasteiger partial charge in [-0.2, -0.15) is 0 Å². The predicted molar refractivity (Wildman–Crippen MR) is 310 cm³/mol. The average molecular weight is 976 g/mol. The Kier molecular flexibility index (Phi) is 8.93. The highest BCUT2D eigenvalue weighted by atomic mass is 32.1. The smallest absolute Gasteiger partial charge is 0.148 e. The Hall–Kier alpha value is -8.70. The fourth-order valence-corrected chi connectivity index (χ4v) is 15.7. The van der Waals surface area contributed by atoms with E-state index >= 15 is 0 Å². The molecular formula is C71H49N3S. The first kappa shape index (κ1) is 42.8. The van der Waals surface area contributed by atoms with Crippen LogP contribution in [0.15, 0.2) is 224 Å². The van der Waals surface area contributed by atoms with Gasteiger partial charge in [0.25, 0.3) is 0 Å². The van der Waals surface area contributed by atoms with E-state index in [0.29, 0.717) is 0 Å². The van der Waals surface area contributed by atoms with Crippen molar-refractivity contribution in [1.29, 1.82) is 0 Å². The number of fused-ring (bicyclic) bond motifs is 22. The highest BCUT2D eigenvalue weighted by Gasteiger charge is 2.59. The lowest BCUT2D eigenvalue weighted by Gasteiger charge is -2.49. The maximum atomic E-state index is 4.97. The minimum atomic E-state index is -0.563. The minimum absolute atomic E-state index is 0.106. The fraction of sp³-hybridized carbons (Fsp3) is 0.0986. The summed E-state index contributed by atoms with van der Waals surface area (Å²) in [6.45, 7) is 4.72. The molecule has 0 amide bonds. The summed E-state index contributed by atoms with van der Waals surface area (Å²) in [6, 6.07) is 84.8. The number of benzene rings is 10. The van der Waals surface area contributed by atoms with Crippen molar-refractivity contribution in [2.24, 2.45) is 0 Å². The first-order valence-corrected chi connectivity index (χ1v) is 27.3. The van der Waals surface area contributed by atoms with Crippen LogP contribution in [0.25, 0.3) is 83.6 Å². The van der Waals surface area contributed by atoms with Crippen molar-refractivity contribution in [2.75, 3.05) is 0 Å². The van der Waals surface area contributed by atoms with Gasteiger partial charge in [0.15, 0.2) is 0 Å². The van der Waals surface area contributed by atoms with Gasteiger partial charge in [0, 0.05) is 27.4 Å². The molecule has 4 heteroatoms. The second-order valence-corrected chi connectivity index (χ2v) is 22.0. The molecule has 0 bridgehead atoms. The first-order valence-electron chi connectivity index (χ1n) is 26.5. The summed E-state index contributed by atoms with van der Waals surface area (Å²) in [5, 5.41) is 14.2. The Bertz CT molecular complexity index is 4280. The standard InChI is InChI=1S/C71H49N3S/c1-3-69(4-2)62-41-44(33-37-51(62)52-38-36-46(43-63(52)69)74-65-31-17-9-23-53(65)54-24-10-18-32-66(54)74)34-40-67-72-73-68(75-67)45-35-39-61-64(42-45)71(57-27-13-7-21-49(57)50-22-8-14-28-58(50)71)60-30-16-15-29-59(60)70(61)55-25-11-5-19-47(55)48-20-6-12-26-56(48)70/h5-43H,3-4H2,1-2H3/b40-34+. The maximum absolute atomic E-state index is 4.97. The number of aromatic nitrogens is 3. The van der Waals surface area contributed by atoms with Crippen molar-refractivity contribution in [2.45, 2.75) is 42.9 Å². The van der Waals surface area contributed by atoms with Crippen LogP contribution >= 0.6 is 11.3 Å². The van der Waals surface area contributed by atoms with Crippen LogP contribution in [0.1, 0.15) is 92.9 Å². The molecule has 3 nitrogen and oxygen atoms in total. The molecule has 354 valence electrons. The van der Waals surface area contributed by atoms with Crippen LogP contribution < -0.4 is 0 Å². The zero-order chi connectivity index (χ0) is 49.6. The average Bonchev–Trinajstić information content (AvgIpc) is 4.38. The summed E-state index contributed by atoms with van der Waals surface area (Å²) in [4.78, 5) is 0. The van der Waals surface area contributed by atoms with E-state index in [4.69, 9.17) is 10.2 Å². The van der Waals surface area contributed by atoms with Gasteiger partial charge in [0.2, 0.25) is 0 Å². The predicted octanol–water partition coefficient (Wildman–Crippen LogP) is 17.6. The van der Waals surface area contributed by atoms with Gasteiger partial charge in [-0.3, -0.25) is 0 Å². The van der Waals surface area contributed by atoms with E-state index in [0.717, 1.165) is 28.4 Å². The van der Waals surface area contributed by atoms with Crippen LogP contribution in [0.5, 0.6) is 0 Å². The Labute approximate surface area is 440 Å². The largest absolute Gasteiger partial charge is 0.309 e. The zero-order valence-corrected chi connectivity index (χ0v) is 42.5. The van der Waals surface area contributed by atoms with E-state index in [9.17, 15) is 0 Å². The van der Waals surface area contributed by atoms with Gasteiger partial charge in [-0.25, -0.2) is 0 Å². The van der Waals surface area contributed by atoms with Crippen molar-refractivity contribution < 1.29 is 0 Å². The molecule has 0 N–H and O–H groups in total. The van der Waals surface area contributed by atoms with Gasteiger partial charge < -0.3 is 4.57 Å². The molecule has 0 saturated heterocycles. The molecule has 0 radical (unpaired) electrons. The molecule has 2 heterocycles. The third-order valence-electron chi connectivity index (χ3n) is 18.0. The van der Waals surface area contributed by atoms with E-state index in [1.54, 1.807) is 11.3 Å². The molecule has 0 fully saturated rings. The molecule has 16 rings (SSSR count). The monoisotopic (exact) mass is 975 g/mol. The number of nitrogens with zero attached hydrogens (tertiary/aromatic N) is 3. The second kappa shape index (κ2) is 15.7. The van der Waals surface area contributed by atoms with E-state index in [2.05, 4.69) is 255 Å². The third kappa shape index (κ3) is 5.44. The normalized spacial score (nSPS) is 15.2. The van der Waals surface area contributed by atoms with Crippen molar-refractivity contribution in [3.05, 3.63) is 291 Å². The van der Waals surface area contributed by atoms with Crippen LogP contribution in [-0.2, 0) is 16.2 Å². The molecule has 0 unspecified atom stereocenters. The van der Waals surface area contributed by atoms with E-state index in [-0.39, 0.29) is 5.41 Å². The molecule has 4 aliphatic rings. The van der Waals surface area contributed by atoms with Crippen LogP contribution in [0, 0.1) is 0 Å². The Morgan fingerprint density at radius 3 is 1.40 bits per heavy atom. The summed E-state index contributed by atoms with van der Waals surface area (Å²) >= 11 is 1.66. The Balaban J connectivity index is 0.811. The zero-order valence-electron chi connectivity index (χ0n) is 41.7. The van der Waals surface area contributed by atoms with Gasteiger partial charge in [-0.1, -0.05) is 225 Å². The fourth-order valence-electron chi connectivity index (χ4n) is 14.9. The van der Waals surface area contributed by atoms with E-state index in [1.807, 2.05) is 0 Å². The molecular weight excluding hydrogens is 927 g/mol. The molecule has 0 aliphatic heterocycles. The summed E-state index contributed by atoms with van der Waals surface area (Å²) in [5.74, 6) is 0. The molecule has 0 saturated carbocycles. The van der Waals surface area contributed by atoms with Gasteiger partial charge in [0.1, 0.15) is 10.0 Å². The molecule has 75 heavy (non-hydrogen) atoms.